The van der Waals surface area contributed by atoms with E-state index in [4.69, 9.17) is 0 Å². The molecule has 1 heterocycles. The quantitative estimate of drug-likeness (QED) is 0.817. The summed E-state index contributed by atoms with van der Waals surface area (Å²) in [5.74, 6) is 2.83. The Labute approximate surface area is 102 Å². The van der Waals surface area contributed by atoms with Crippen LogP contribution in [-0.2, 0) is 0 Å². The summed E-state index contributed by atoms with van der Waals surface area (Å²) in [5.41, 5.74) is 0. The lowest BCUT2D eigenvalue weighted by atomic mass is 10.4. The molecule has 0 saturated heterocycles. The van der Waals surface area contributed by atoms with E-state index in [2.05, 4.69) is 20.3 Å². The second-order valence-electron chi connectivity index (χ2n) is 4.87. The summed E-state index contributed by atoms with van der Waals surface area (Å²) in [6.07, 6.45) is 2.64. The minimum absolute atomic E-state index is 0.666. The summed E-state index contributed by atoms with van der Waals surface area (Å²) in [6, 6.07) is 0. The average molecular weight is 236 g/mol. The third-order valence-electron chi connectivity index (χ3n) is 2.66. The molecule has 1 aliphatic carbocycles. The van der Waals surface area contributed by atoms with Crippen molar-refractivity contribution in [2.24, 2.45) is 5.92 Å². The zero-order valence-corrected chi connectivity index (χ0v) is 10.9. The molecular formula is C11H20N6. The standard InChI is InChI=1S/C11H20N6/c1-16(2)10-13-9(12-7-8-5-6-8)14-11(15-10)17(3)4/h8H,5-7H2,1-4H3,(H,12,13,14,15). The molecule has 1 fully saturated rings. The Bertz CT molecular complexity index is 359. The Balaban J connectivity index is 2.16. The maximum Gasteiger partial charge on any atom is 0.231 e. The lowest BCUT2D eigenvalue weighted by Crippen LogP contribution is -2.20. The summed E-state index contributed by atoms with van der Waals surface area (Å²) in [5, 5.41) is 3.28. The van der Waals surface area contributed by atoms with Crippen LogP contribution in [0.3, 0.4) is 0 Å². The second-order valence-corrected chi connectivity index (χ2v) is 4.87. The van der Waals surface area contributed by atoms with E-state index in [-0.39, 0.29) is 0 Å². The molecular weight excluding hydrogens is 216 g/mol. The van der Waals surface area contributed by atoms with E-state index < -0.39 is 0 Å². The van der Waals surface area contributed by atoms with Gasteiger partial charge >= 0.3 is 0 Å². The normalized spacial score (nSPS) is 14.6. The number of aromatic nitrogens is 3. The minimum Gasteiger partial charge on any atom is -0.354 e. The van der Waals surface area contributed by atoms with Crippen molar-refractivity contribution in [1.82, 2.24) is 15.0 Å². The van der Waals surface area contributed by atoms with Gasteiger partial charge in [0.05, 0.1) is 0 Å². The lowest BCUT2D eigenvalue weighted by Gasteiger charge is -2.16. The predicted molar refractivity (Wildman–Crippen MR) is 69.7 cm³/mol. The molecule has 1 saturated carbocycles. The summed E-state index contributed by atoms with van der Waals surface area (Å²) < 4.78 is 0. The number of hydrogen-bond acceptors (Lipinski definition) is 6. The molecule has 0 bridgehead atoms. The van der Waals surface area contributed by atoms with Crippen molar-refractivity contribution >= 4 is 17.8 Å². The van der Waals surface area contributed by atoms with Crippen molar-refractivity contribution in [2.75, 3.05) is 49.9 Å². The molecule has 94 valence electrons. The van der Waals surface area contributed by atoms with E-state index in [1.54, 1.807) is 0 Å². The van der Waals surface area contributed by atoms with E-state index >= 15 is 0 Å². The van der Waals surface area contributed by atoms with Gasteiger partial charge in [0.1, 0.15) is 0 Å². The van der Waals surface area contributed by atoms with Gasteiger partial charge in [-0.25, -0.2) is 0 Å². The van der Waals surface area contributed by atoms with Gasteiger partial charge in [0.2, 0.25) is 17.8 Å². The lowest BCUT2D eigenvalue weighted by molar-refractivity contribution is 0.855. The number of nitrogens with one attached hydrogen (secondary N) is 1. The van der Waals surface area contributed by atoms with Crippen LogP contribution < -0.4 is 15.1 Å². The summed E-state index contributed by atoms with van der Waals surface area (Å²) >= 11 is 0. The highest BCUT2D eigenvalue weighted by Crippen LogP contribution is 2.28. The zero-order chi connectivity index (χ0) is 12.4. The topological polar surface area (TPSA) is 57.2 Å². The zero-order valence-electron chi connectivity index (χ0n) is 10.9. The predicted octanol–water partition coefficient (Wildman–Crippen LogP) is 0.825. The van der Waals surface area contributed by atoms with Crippen molar-refractivity contribution in [3.63, 3.8) is 0 Å². The third-order valence-corrected chi connectivity index (χ3v) is 2.66. The first-order chi connectivity index (χ1) is 8.06. The number of rotatable bonds is 5. The third kappa shape index (κ3) is 3.18. The van der Waals surface area contributed by atoms with Gasteiger partial charge in [-0.2, -0.15) is 15.0 Å². The van der Waals surface area contributed by atoms with E-state index in [9.17, 15) is 0 Å². The van der Waals surface area contributed by atoms with Gasteiger partial charge in [-0.1, -0.05) is 0 Å². The molecule has 6 nitrogen and oxygen atoms in total. The Hall–Kier alpha value is -1.59. The molecule has 1 aromatic heterocycles. The Morgan fingerprint density at radius 2 is 1.53 bits per heavy atom. The first-order valence-electron chi connectivity index (χ1n) is 5.91. The van der Waals surface area contributed by atoms with E-state index in [1.165, 1.54) is 12.8 Å². The largest absolute Gasteiger partial charge is 0.354 e. The van der Waals surface area contributed by atoms with Crippen LogP contribution in [0, 0.1) is 5.92 Å². The maximum atomic E-state index is 4.38. The van der Waals surface area contributed by atoms with E-state index in [0.29, 0.717) is 17.8 Å². The molecule has 0 radical (unpaired) electrons. The first-order valence-corrected chi connectivity index (χ1v) is 5.91. The monoisotopic (exact) mass is 236 g/mol. The van der Waals surface area contributed by atoms with Crippen LogP contribution in [0.15, 0.2) is 0 Å². The molecule has 1 aromatic rings. The molecule has 0 aromatic carbocycles. The molecule has 0 spiro atoms. The van der Waals surface area contributed by atoms with Crippen LogP contribution in [0.5, 0.6) is 0 Å². The molecule has 17 heavy (non-hydrogen) atoms. The van der Waals surface area contributed by atoms with Crippen LogP contribution in [0.25, 0.3) is 0 Å². The van der Waals surface area contributed by atoms with Gasteiger partial charge in [-0.3, -0.25) is 0 Å². The highest BCUT2D eigenvalue weighted by Gasteiger charge is 2.21. The fourth-order valence-electron chi connectivity index (χ4n) is 1.39. The Kier molecular flexibility index (Phi) is 3.31. The van der Waals surface area contributed by atoms with E-state index in [0.717, 1.165) is 12.5 Å². The van der Waals surface area contributed by atoms with Gasteiger partial charge in [-0.05, 0) is 18.8 Å². The Morgan fingerprint density at radius 1 is 1.00 bits per heavy atom. The molecule has 0 unspecified atom stereocenters. The van der Waals surface area contributed by atoms with E-state index in [1.807, 2.05) is 38.0 Å². The maximum absolute atomic E-state index is 4.38. The van der Waals surface area contributed by atoms with Crippen molar-refractivity contribution in [3.8, 4) is 0 Å². The second kappa shape index (κ2) is 4.73. The molecule has 0 atom stereocenters. The fraction of sp³-hybridized carbons (Fsp3) is 0.727. The van der Waals surface area contributed by atoms with Gasteiger partial charge in [0.15, 0.2) is 0 Å². The van der Waals surface area contributed by atoms with Gasteiger partial charge < -0.3 is 15.1 Å². The van der Waals surface area contributed by atoms with Crippen LogP contribution in [-0.4, -0.2) is 49.7 Å². The van der Waals surface area contributed by atoms with Crippen LogP contribution >= 0.6 is 0 Å². The highest BCUT2D eigenvalue weighted by molar-refractivity contribution is 5.43. The highest BCUT2D eigenvalue weighted by atomic mass is 15.3. The summed E-state index contributed by atoms with van der Waals surface area (Å²) in [6.45, 7) is 0.962. The number of nitrogens with zero attached hydrogens (tertiary/aromatic N) is 5. The van der Waals surface area contributed by atoms with Crippen molar-refractivity contribution in [3.05, 3.63) is 0 Å². The van der Waals surface area contributed by atoms with Crippen molar-refractivity contribution < 1.29 is 0 Å². The van der Waals surface area contributed by atoms with Crippen molar-refractivity contribution in [2.45, 2.75) is 12.8 Å². The first kappa shape index (κ1) is 11.9. The smallest absolute Gasteiger partial charge is 0.231 e. The molecule has 6 heteroatoms. The number of anilines is 3. The molecule has 1 N–H and O–H groups in total. The van der Waals surface area contributed by atoms with Crippen molar-refractivity contribution in [1.29, 1.82) is 0 Å². The molecule has 2 rings (SSSR count). The van der Waals surface area contributed by atoms with Crippen LogP contribution in [0.1, 0.15) is 12.8 Å². The summed E-state index contributed by atoms with van der Waals surface area (Å²) in [7, 11) is 7.72. The molecule has 0 amide bonds. The minimum atomic E-state index is 0.666. The van der Waals surface area contributed by atoms with Gasteiger partial charge in [0, 0.05) is 34.7 Å². The van der Waals surface area contributed by atoms with Gasteiger partial charge in [0.25, 0.3) is 0 Å². The molecule has 1 aliphatic rings. The Morgan fingerprint density at radius 3 is 1.94 bits per heavy atom. The van der Waals surface area contributed by atoms with Gasteiger partial charge in [-0.15, -0.1) is 0 Å². The SMILES string of the molecule is CN(C)c1nc(NCC2CC2)nc(N(C)C)n1. The number of hydrogen-bond donors (Lipinski definition) is 1. The van der Waals surface area contributed by atoms with Crippen LogP contribution in [0.4, 0.5) is 17.8 Å². The molecule has 0 aliphatic heterocycles. The average Bonchev–Trinajstić information content (AvgIpc) is 3.09. The van der Waals surface area contributed by atoms with Crippen LogP contribution in [0.2, 0.25) is 0 Å². The summed E-state index contributed by atoms with van der Waals surface area (Å²) in [4.78, 5) is 16.9. The fourth-order valence-corrected chi connectivity index (χ4v) is 1.39.